The number of amides is 3. The third kappa shape index (κ3) is 14.5. The summed E-state index contributed by atoms with van der Waals surface area (Å²) in [6.07, 6.45) is 4.91. The van der Waals surface area contributed by atoms with E-state index < -0.39 is 23.9 Å². The summed E-state index contributed by atoms with van der Waals surface area (Å²) in [5.41, 5.74) is 1.22. The first-order valence-electron chi connectivity index (χ1n) is 17.1. The van der Waals surface area contributed by atoms with Crippen LogP contribution in [0.15, 0.2) is 42.5 Å². The van der Waals surface area contributed by atoms with E-state index in [0.717, 1.165) is 24.8 Å². The van der Waals surface area contributed by atoms with Gasteiger partial charge in [-0.1, -0.05) is 55.8 Å². The third-order valence-corrected chi connectivity index (χ3v) is 8.41. The summed E-state index contributed by atoms with van der Waals surface area (Å²) in [7, 11) is 6.93. The van der Waals surface area contributed by atoms with Crippen molar-refractivity contribution < 1.29 is 33.3 Å². The topological polar surface area (TPSA) is 119 Å². The molecule has 2 aromatic rings. The van der Waals surface area contributed by atoms with Crippen LogP contribution in [0.2, 0.25) is 5.02 Å². The highest BCUT2D eigenvalue weighted by Crippen LogP contribution is 2.32. The van der Waals surface area contributed by atoms with Crippen LogP contribution in [-0.2, 0) is 14.2 Å². The Kier molecular flexibility index (Phi) is 16.0. The van der Waals surface area contributed by atoms with Gasteiger partial charge in [0.15, 0.2) is 0 Å². The maximum atomic E-state index is 14.1. The van der Waals surface area contributed by atoms with Crippen LogP contribution < -0.4 is 15.4 Å². The summed E-state index contributed by atoms with van der Waals surface area (Å²) >= 11 is 6.39. The Morgan fingerprint density at radius 3 is 2.37 bits per heavy atom. The molecule has 11 nitrogen and oxygen atoms in total. The van der Waals surface area contributed by atoms with Gasteiger partial charge in [-0.3, -0.25) is 4.79 Å². The van der Waals surface area contributed by atoms with Crippen LogP contribution in [0.1, 0.15) is 86.9 Å². The minimum Gasteiger partial charge on any atom is -0.492 e. The predicted octanol–water partition coefficient (Wildman–Crippen LogP) is 6.68. The van der Waals surface area contributed by atoms with Gasteiger partial charge in [-0.05, 0) is 88.7 Å². The van der Waals surface area contributed by atoms with Crippen molar-refractivity contribution in [2.45, 2.75) is 77.0 Å². The molecule has 3 rings (SSSR count). The molecule has 0 heterocycles. The van der Waals surface area contributed by atoms with Crippen molar-refractivity contribution in [3.8, 4) is 5.75 Å². The molecule has 2 atom stereocenters. The monoisotopic (exact) mass is 702 g/mol. The van der Waals surface area contributed by atoms with E-state index in [9.17, 15) is 14.4 Å². The molecule has 0 bridgehead atoms. The fourth-order valence-corrected chi connectivity index (χ4v) is 6.01. The number of halogens is 1. The zero-order valence-corrected chi connectivity index (χ0v) is 30.9. The number of alkyl carbamates (subject to hydrolysis) is 1. The predicted molar refractivity (Wildman–Crippen MR) is 191 cm³/mol. The molecule has 0 aliphatic heterocycles. The maximum Gasteiger partial charge on any atom is 0.410 e. The van der Waals surface area contributed by atoms with E-state index in [2.05, 4.69) is 15.4 Å². The lowest BCUT2D eigenvalue weighted by Gasteiger charge is -2.31. The number of nitrogens with zero attached hydrogens (tertiary/aromatic N) is 2. The number of hydrogen-bond donors (Lipinski definition) is 2. The number of hydrogen-bond acceptors (Lipinski definition) is 8. The summed E-state index contributed by atoms with van der Waals surface area (Å²) in [5.74, 6) is 0.694. The van der Waals surface area contributed by atoms with Gasteiger partial charge < -0.3 is 39.4 Å². The number of methoxy groups -OCH3 is 1. The first-order valence-corrected chi connectivity index (χ1v) is 17.5. The van der Waals surface area contributed by atoms with Crippen molar-refractivity contribution in [1.82, 2.24) is 20.4 Å². The van der Waals surface area contributed by atoms with Crippen LogP contribution in [0, 0.1) is 5.92 Å². The Balaban J connectivity index is 1.94. The molecule has 0 radical (unpaired) electrons. The van der Waals surface area contributed by atoms with Crippen LogP contribution in [0.4, 0.5) is 9.59 Å². The molecule has 1 fully saturated rings. The van der Waals surface area contributed by atoms with E-state index in [-0.39, 0.29) is 25.1 Å². The van der Waals surface area contributed by atoms with Crippen molar-refractivity contribution >= 4 is 29.7 Å². The third-order valence-electron chi connectivity index (χ3n) is 8.17. The highest BCUT2D eigenvalue weighted by atomic mass is 35.5. The Labute approximate surface area is 296 Å². The van der Waals surface area contributed by atoms with Gasteiger partial charge in [0.2, 0.25) is 0 Å². The molecule has 1 unspecified atom stereocenters. The van der Waals surface area contributed by atoms with Crippen LogP contribution in [0.5, 0.6) is 5.75 Å². The molecule has 0 spiro atoms. The van der Waals surface area contributed by atoms with E-state index in [1.54, 1.807) is 25.2 Å². The number of nitrogens with one attached hydrogen (secondary N) is 2. The Morgan fingerprint density at radius 2 is 1.71 bits per heavy atom. The van der Waals surface area contributed by atoms with Crippen LogP contribution >= 0.6 is 11.6 Å². The average molecular weight is 703 g/mol. The molecule has 0 aromatic heterocycles. The first-order chi connectivity index (χ1) is 23.2. The van der Waals surface area contributed by atoms with Gasteiger partial charge in [0, 0.05) is 43.3 Å². The SMILES string of the molecule is COC(=O)NCCOC(c1cccc(Cl)c1)c1cc(OCCN(C)C)cc(C(=O)N[C@@H](CC2CCCCC2)CN(C)C(=O)OC(C)(C)C)c1. The van der Waals surface area contributed by atoms with Crippen LogP contribution in [0.25, 0.3) is 0 Å². The van der Waals surface area contributed by atoms with Crippen molar-refractivity contribution in [3.05, 3.63) is 64.2 Å². The number of carbonyl (C=O) groups excluding carboxylic acids is 3. The maximum absolute atomic E-state index is 14.1. The number of carbonyl (C=O) groups is 3. The molecule has 2 aromatic carbocycles. The van der Waals surface area contributed by atoms with Gasteiger partial charge in [0.1, 0.15) is 24.1 Å². The van der Waals surface area contributed by atoms with Crippen molar-refractivity contribution in [3.63, 3.8) is 0 Å². The van der Waals surface area contributed by atoms with Gasteiger partial charge in [0.25, 0.3) is 5.91 Å². The van der Waals surface area contributed by atoms with E-state index in [1.807, 2.05) is 64.0 Å². The number of likely N-dealkylation sites (N-methyl/N-ethyl adjacent to an activating group) is 2. The van der Waals surface area contributed by atoms with Crippen LogP contribution in [0.3, 0.4) is 0 Å². The average Bonchev–Trinajstić information content (AvgIpc) is 3.03. The quantitative estimate of drug-likeness (QED) is 0.186. The Bertz CT molecular complexity index is 1360. The Hall–Kier alpha value is -3.54. The lowest BCUT2D eigenvalue weighted by atomic mass is 9.84. The Morgan fingerprint density at radius 1 is 0.980 bits per heavy atom. The van der Waals surface area contributed by atoms with Gasteiger partial charge in [-0.2, -0.15) is 0 Å². The lowest BCUT2D eigenvalue weighted by Crippen LogP contribution is -2.46. The van der Waals surface area contributed by atoms with E-state index in [0.29, 0.717) is 47.5 Å². The normalized spacial score (nSPS) is 14.9. The fourth-order valence-electron chi connectivity index (χ4n) is 5.81. The van der Waals surface area contributed by atoms with Crippen LogP contribution in [-0.4, -0.2) is 101 Å². The summed E-state index contributed by atoms with van der Waals surface area (Å²) in [5, 5.41) is 6.41. The summed E-state index contributed by atoms with van der Waals surface area (Å²) in [6.45, 7) is 7.28. The molecular weight excluding hydrogens is 648 g/mol. The van der Waals surface area contributed by atoms with E-state index in [1.165, 1.54) is 31.3 Å². The molecule has 49 heavy (non-hydrogen) atoms. The fraction of sp³-hybridized carbons (Fsp3) is 0.595. The molecule has 1 saturated carbocycles. The number of rotatable bonds is 16. The van der Waals surface area contributed by atoms with Gasteiger partial charge in [-0.25, -0.2) is 9.59 Å². The smallest absolute Gasteiger partial charge is 0.410 e. The summed E-state index contributed by atoms with van der Waals surface area (Å²) in [6, 6.07) is 12.4. The molecule has 12 heteroatoms. The second kappa shape index (κ2) is 19.6. The summed E-state index contributed by atoms with van der Waals surface area (Å²) in [4.78, 5) is 42.2. The minimum atomic E-state index is -0.631. The number of benzene rings is 2. The van der Waals surface area contributed by atoms with Crippen molar-refractivity contribution in [1.29, 1.82) is 0 Å². The van der Waals surface area contributed by atoms with Gasteiger partial charge in [-0.15, -0.1) is 0 Å². The molecule has 272 valence electrons. The number of ether oxygens (including phenoxy) is 4. The highest BCUT2D eigenvalue weighted by molar-refractivity contribution is 6.30. The molecular formula is C37H55ClN4O7. The van der Waals surface area contributed by atoms with Gasteiger partial charge >= 0.3 is 12.2 Å². The standard InChI is InChI=1S/C37H55ClN4O7/c1-37(2,3)49-36(45)42(6)25-31(20-26-12-9-8-10-13-26)40-34(43)29-21-28(23-32(24-29)47-19-17-41(4)5)33(27-14-11-15-30(38)22-27)48-18-16-39-35(44)46-7/h11,14-15,21-24,26,31,33H,8-10,12-13,16-20,25H2,1-7H3,(H,39,44)(H,40,43)/t31-,33?/m0/s1. The molecule has 1 aliphatic carbocycles. The minimum absolute atomic E-state index is 0.167. The van der Waals surface area contributed by atoms with Crippen molar-refractivity contribution in [2.24, 2.45) is 5.92 Å². The zero-order valence-electron chi connectivity index (χ0n) is 30.2. The van der Waals surface area contributed by atoms with E-state index in [4.69, 9.17) is 25.8 Å². The van der Waals surface area contributed by atoms with Gasteiger partial charge in [0.05, 0.1) is 13.7 Å². The second-order valence-corrected chi connectivity index (χ2v) is 14.4. The molecule has 2 N–H and O–H groups in total. The molecule has 3 amide bonds. The first kappa shape index (κ1) is 39.9. The second-order valence-electron chi connectivity index (χ2n) is 13.9. The zero-order chi connectivity index (χ0) is 36.0. The largest absolute Gasteiger partial charge is 0.492 e. The van der Waals surface area contributed by atoms with Crippen molar-refractivity contribution in [2.75, 3.05) is 61.1 Å². The highest BCUT2D eigenvalue weighted by Gasteiger charge is 2.27. The van der Waals surface area contributed by atoms with E-state index >= 15 is 0 Å². The molecule has 0 saturated heterocycles. The molecule has 1 aliphatic rings. The summed E-state index contributed by atoms with van der Waals surface area (Å²) < 4.78 is 22.7. The lowest BCUT2D eigenvalue weighted by molar-refractivity contribution is 0.0274.